The number of rotatable bonds is 6. The minimum absolute atomic E-state index is 0.0186. The maximum absolute atomic E-state index is 14.6. The lowest BCUT2D eigenvalue weighted by atomic mass is 9.83. The van der Waals surface area contributed by atoms with Crippen LogP contribution >= 0.6 is 31.9 Å². The molecule has 9 rings (SSSR count). The Morgan fingerprint density at radius 3 is 1.83 bits per heavy atom. The quantitative estimate of drug-likeness (QED) is 0.154. The first-order valence-corrected chi connectivity index (χ1v) is 22.5. The molecule has 0 radical (unpaired) electrons. The molecule has 3 aromatic carbocycles. The summed E-state index contributed by atoms with van der Waals surface area (Å²) in [6.07, 6.45) is 10.9. The van der Waals surface area contributed by atoms with Gasteiger partial charge in [0.1, 0.15) is 11.6 Å². The summed E-state index contributed by atoms with van der Waals surface area (Å²) in [6, 6.07) is 17.1. The van der Waals surface area contributed by atoms with Crippen LogP contribution < -0.4 is 15.0 Å². The van der Waals surface area contributed by atoms with Gasteiger partial charge in [-0.05, 0) is 139 Å². The van der Waals surface area contributed by atoms with Crippen LogP contribution in [0.1, 0.15) is 140 Å². The number of aliphatic hydroxyl groups is 2. The number of hydrogen-bond donors (Lipinski definition) is 3. The van der Waals surface area contributed by atoms with Gasteiger partial charge in [-0.15, -0.1) is 0 Å². The maximum Gasteiger partial charge on any atom is 0.227 e. The zero-order chi connectivity index (χ0) is 41.6. The van der Waals surface area contributed by atoms with E-state index in [4.69, 9.17) is 14.7 Å². The van der Waals surface area contributed by atoms with Crippen molar-refractivity contribution in [3.8, 4) is 5.75 Å². The highest BCUT2D eigenvalue weighted by molar-refractivity contribution is 9.10. The minimum Gasteiger partial charge on any atom is -0.494 e. The van der Waals surface area contributed by atoms with Crippen molar-refractivity contribution >= 4 is 71.4 Å². The van der Waals surface area contributed by atoms with E-state index in [1.165, 1.54) is 13.2 Å². The van der Waals surface area contributed by atoms with Gasteiger partial charge >= 0.3 is 0 Å². The van der Waals surface area contributed by atoms with Crippen LogP contribution in [0.4, 0.5) is 10.1 Å². The molecule has 0 spiro atoms. The molecule has 59 heavy (non-hydrogen) atoms. The Bertz CT molecular complexity index is 2360. The molecule has 4 aliphatic rings. The Morgan fingerprint density at radius 2 is 1.29 bits per heavy atom. The Balaban J connectivity index is 0.000000172. The van der Waals surface area contributed by atoms with E-state index in [9.17, 15) is 24.2 Å². The van der Waals surface area contributed by atoms with Crippen LogP contribution in [0.15, 0.2) is 63.5 Å². The molecule has 14 heteroatoms. The number of methoxy groups -OCH3 is 1. The maximum atomic E-state index is 14.6. The summed E-state index contributed by atoms with van der Waals surface area (Å²) in [5.41, 5.74) is 3.26. The Kier molecular flexibility index (Phi) is 12.0. The Morgan fingerprint density at radius 1 is 0.746 bits per heavy atom. The molecule has 2 atom stereocenters. The number of carbonyl (C=O) groups excluding carboxylic acids is 2. The van der Waals surface area contributed by atoms with Crippen molar-refractivity contribution in [3.05, 3.63) is 81.0 Å². The van der Waals surface area contributed by atoms with Crippen molar-refractivity contribution in [2.24, 2.45) is 0 Å². The van der Waals surface area contributed by atoms with Gasteiger partial charge < -0.3 is 34.3 Å². The molecule has 2 aliphatic heterocycles. The number of halogens is 3. The molecule has 2 saturated carbocycles. The molecule has 0 bridgehead atoms. The molecule has 2 amide bonds. The first-order valence-electron chi connectivity index (χ1n) is 20.9. The number of anilines is 1. The first kappa shape index (κ1) is 41.9. The number of fused-ring (bicyclic) bond motifs is 2. The largest absolute Gasteiger partial charge is 0.494 e. The summed E-state index contributed by atoms with van der Waals surface area (Å²) in [4.78, 5) is 36.7. The highest BCUT2D eigenvalue weighted by atomic mass is 79.9. The van der Waals surface area contributed by atoms with Crippen molar-refractivity contribution in [2.75, 3.05) is 12.0 Å². The number of aromatic nitrogens is 4. The van der Waals surface area contributed by atoms with Gasteiger partial charge in [0.25, 0.3) is 0 Å². The second-order valence-electron chi connectivity index (χ2n) is 17.4. The fraction of sp³-hybridized carbons (Fsp3) is 0.511. The second kappa shape index (κ2) is 16.9. The smallest absolute Gasteiger partial charge is 0.227 e. The average molecular weight is 937 g/mol. The molecule has 4 heterocycles. The molecule has 11 nitrogen and oxygen atoms in total. The molecule has 2 saturated heterocycles. The van der Waals surface area contributed by atoms with E-state index in [0.29, 0.717) is 37.4 Å². The average Bonchev–Trinajstić information content (AvgIpc) is 3.76. The van der Waals surface area contributed by atoms with Gasteiger partial charge in [-0.25, -0.2) is 14.4 Å². The molecule has 2 unspecified atom stereocenters. The summed E-state index contributed by atoms with van der Waals surface area (Å²) in [7, 11) is 1.43. The molecule has 2 aromatic heterocycles. The van der Waals surface area contributed by atoms with Gasteiger partial charge in [-0.2, -0.15) is 0 Å². The number of hydrogen-bond acceptors (Lipinski definition) is 7. The van der Waals surface area contributed by atoms with E-state index in [1.807, 2.05) is 38.1 Å². The van der Waals surface area contributed by atoms with Crippen molar-refractivity contribution in [3.63, 3.8) is 0 Å². The van der Waals surface area contributed by atoms with Crippen LogP contribution in [0.3, 0.4) is 0 Å². The summed E-state index contributed by atoms with van der Waals surface area (Å²) in [6.45, 7) is 3.82. The fourth-order valence-electron chi connectivity index (χ4n) is 9.64. The van der Waals surface area contributed by atoms with Gasteiger partial charge in [0.2, 0.25) is 11.8 Å². The predicted octanol–water partition coefficient (Wildman–Crippen LogP) is 10.1. The van der Waals surface area contributed by atoms with Crippen LogP contribution in [-0.2, 0) is 9.59 Å². The van der Waals surface area contributed by atoms with E-state index in [-0.39, 0.29) is 35.7 Å². The van der Waals surface area contributed by atoms with E-state index >= 15 is 0 Å². The van der Waals surface area contributed by atoms with Crippen LogP contribution in [-0.4, -0.2) is 59.4 Å². The molecular weight excluding hydrogens is 883 g/mol. The van der Waals surface area contributed by atoms with Crippen molar-refractivity contribution in [1.29, 1.82) is 0 Å². The monoisotopic (exact) mass is 934 g/mol. The number of amides is 2. The number of piperidine rings is 2. The summed E-state index contributed by atoms with van der Waals surface area (Å²) in [5, 5.41) is 23.9. The number of ether oxygens (including phenoxy) is 1. The number of carbonyl (C=O) groups is 2. The second-order valence-corrected chi connectivity index (χ2v) is 19.2. The summed E-state index contributed by atoms with van der Waals surface area (Å²) < 4.78 is 26.2. The number of benzene rings is 3. The van der Waals surface area contributed by atoms with Gasteiger partial charge in [0.05, 0.1) is 52.5 Å². The Labute approximate surface area is 361 Å². The van der Waals surface area contributed by atoms with Crippen LogP contribution in [0.5, 0.6) is 5.75 Å². The lowest BCUT2D eigenvalue weighted by molar-refractivity contribution is -0.123. The van der Waals surface area contributed by atoms with Crippen molar-refractivity contribution in [1.82, 2.24) is 24.4 Å². The van der Waals surface area contributed by atoms with Gasteiger partial charge in [0, 0.05) is 45.6 Å². The highest BCUT2D eigenvalue weighted by Crippen LogP contribution is 2.44. The zero-order valence-electron chi connectivity index (χ0n) is 33.9. The van der Waals surface area contributed by atoms with Gasteiger partial charge in [-0.3, -0.25) is 9.59 Å². The lowest BCUT2D eigenvalue weighted by Gasteiger charge is -2.38. The SMILES string of the molecule is CC1(O)CCC(n2c(C3CCCC(=O)N3)nc3cc(Br)ccc32)CC1.COc1ccc(N2C(=O)CCCC2c2nc3cc(Br)ccc3n2C2CCC(C)(O)CC2)cc1F. The summed E-state index contributed by atoms with van der Waals surface area (Å²) in [5.74, 6) is 1.52. The van der Waals surface area contributed by atoms with Gasteiger partial charge in [0.15, 0.2) is 11.6 Å². The highest BCUT2D eigenvalue weighted by Gasteiger charge is 2.38. The third-order valence-electron chi connectivity index (χ3n) is 12.9. The lowest BCUT2D eigenvalue weighted by Crippen LogP contribution is -2.40. The van der Waals surface area contributed by atoms with E-state index in [1.54, 1.807) is 17.0 Å². The molecule has 5 aromatic rings. The fourth-order valence-corrected chi connectivity index (χ4v) is 10.3. The number of nitrogens with zero attached hydrogens (tertiary/aromatic N) is 5. The van der Waals surface area contributed by atoms with Crippen LogP contribution in [0.2, 0.25) is 0 Å². The summed E-state index contributed by atoms with van der Waals surface area (Å²) >= 11 is 7.08. The standard InChI is InChI=1S/C26H29BrFN3O3.C19H24BrN3O2/c1-26(33)12-10-17(11-13-26)31-21-8-6-16(27)14-20(21)29-25(31)22-4-3-5-24(32)30(22)18-7-9-23(34-2)19(28)15-18;1-19(25)9-7-13(8-10-19)23-16-6-5-12(20)11-15(16)22-18(23)14-3-2-4-17(24)21-14/h6-9,14-15,17,22,33H,3-5,10-13H2,1-2H3;5-6,11,13-14,25H,2-4,7-10H2,1H3,(H,21,24). The molecule has 2 aliphatic carbocycles. The van der Waals surface area contributed by atoms with Crippen LogP contribution in [0, 0.1) is 5.82 Å². The topological polar surface area (TPSA) is 135 Å². The van der Waals surface area contributed by atoms with Gasteiger partial charge in [-0.1, -0.05) is 31.9 Å². The predicted molar refractivity (Wildman–Crippen MR) is 233 cm³/mol. The molecular formula is C45H53Br2FN6O5. The molecule has 314 valence electrons. The third kappa shape index (κ3) is 8.83. The molecule has 4 fully saturated rings. The van der Waals surface area contributed by atoms with E-state index in [2.05, 4.69) is 58.4 Å². The first-order chi connectivity index (χ1) is 28.2. The molecule has 3 N–H and O–H groups in total. The zero-order valence-corrected chi connectivity index (χ0v) is 37.1. The minimum atomic E-state index is -0.649. The van der Waals surface area contributed by atoms with Crippen LogP contribution in [0.25, 0.3) is 22.1 Å². The normalized spacial score (nSPS) is 27.7. The number of imidazole rings is 2. The third-order valence-corrected chi connectivity index (χ3v) is 13.8. The van der Waals surface area contributed by atoms with E-state index in [0.717, 1.165) is 107 Å². The Hall–Kier alpha value is -3.85. The number of nitrogens with one attached hydrogen (secondary N) is 1. The van der Waals surface area contributed by atoms with E-state index < -0.39 is 17.0 Å². The van der Waals surface area contributed by atoms with Crippen molar-refractivity contribution in [2.45, 2.75) is 139 Å². The van der Waals surface area contributed by atoms with Crippen molar-refractivity contribution < 1.29 is 28.9 Å².